The van der Waals surface area contributed by atoms with Gasteiger partial charge in [-0.3, -0.25) is 4.79 Å². The van der Waals surface area contributed by atoms with Crippen LogP contribution in [0, 0.1) is 0 Å². The van der Waals surface area contributed by atoms with Crippen molar-refractivity contribution in [2.24, 2.45) is 0 Å². The highest BCUT2D eigenvalue weighted by atomic mass is 16.5. The number of nitrogens with zero attached hydrogens (tertiary/aromatic N) is 3. The van der Waals surface area contributed by atoms with Crippen LogP contribution in [-0.2, 0) is 4.79 Å². The molecule has 0 spiro atoms. The van der Waals surface area contributed by atoms with Crippen LogP contribution < -0.4 is 4.74 Å². The van der Waals surface area contributed by atoms with Crippen LogP contribution in [0.3, 0.4) is 0 Å². The summed E-state index contributed by atoms with van der Waals surface area (Å²) in [6.45, 7) is 8.10. The number of rotatable bonds is 7. The Morgan fingerprint density at radius 2 is 1.90 bits per heavy atom. The molecular formula is C16H17N3O2. The van der Waals surface area contributed by atoms with Crippen LogP contribution >= 0.6 is 0 Å². The van der Waals surface area contributed by atoms with Gasteiger partial charge in [0.1, 0.15) is 6.33 Å². The Morgan fingerprint density at radius 3 is 2.62 bits per heavy atom. The molecule has 0 aliphatic carbocycles. The molecule has 1 amide bonds. The number of benzene rings is 1. The largest absolute Gasteiger partial charge is 0.467 e. The van der Waals surface area contributed by atoms with Crippen molar-refractivity contribution in [2.45, 2.75) is 0 Å². The smallest absolute Gasteiger partial charge is 0.261 e. The summed E-state index contributed by atoms with van der Waals surface area (Å²) in [6, 6.07) is 7.50. The first-order valence-corrected chi connectivity index (χ1v) is 6.58. The van der Waals surface area contributed by atoms with Gasteiger partial charge in [0.15, 0.2) is 6.61 Å². The van der Waals surface area contributed by atoms with Crippen LogP contribution in [0.1, 0.15) is 0 Å². The molecule has 0 aliphatic heterocycles. The van der Waals surface area contributed by atoms with Crippen LogP contribution in [0.15, 0.2) is 55.9 Å². The predicted molar refractivity (Wildman–Crippen MR) is 82.0 cm³/mol. The van der Waals surface area contributed by atoms with Crippen LogP contribution in [0.2, 0.25) is 0 Å². The van der Waals surface area contributed by atoms with E-state index in [9.17, 15) is 4.79 Å². The molecule has 5 nitrogen and oxygen atoms in total. The van der Waals surface area contributed by atoms with Gasteiger partial charge in [-0.15, -0.1) is 13.2 Å². The van der Waals surface area contributed by atoms with Gasteiger partial charge in [-0.2, -0.15) is 0 Å². The van der Waals surface area contributed by atoms with Gasteiger partial charge in [0.2, 0.25) is 5.88 Å². The van der Waals surface area contributed by atoms with Crippen molar-refractivity contribution >= 4 is 16.8 Å². The maximum Gasteiger partial charge on any atom is 0.261 e. The van der Waals surface area contributed by atoms with Gasteiger partial charge in [-0.25, -0.2) is 9.97 Å². The zero-order valence-electron chi connectivity index (χ0n) is 11.7. The fourth-order valence-electron chi connectivity index (χ4n) is 1.91. The lowest BCUT2D eigenvalue weighted by atomic mass is 10.2. The number of aromatic nitrogens is 2. The SMILES string of the molecule is C=CCN(CC=C)C(=O)COc1ncnc2ccccc12. The molecule has 0 radical (unpaired) electrons. The van der Waals surface area contributed by atoms with Crippen molar-refractivity contribution in [2.75, 3.05) is 19.7 Å². The second-order valence-corrected chi connectivity index (χ2v) is 4.36. The molecule has 2 aromatic rings. The van der Waals surface area contributed by atoms with E-state index < -0.39 is 0 Å². The third-order valence-electron chi connectivity index (χ3n) is 2.89. The highest BCUT2D eigenvalue weighted by Gasteiger charge is 2.13. The molecular weight excluding hydrogens is 266 g/mol. The number of amides is 1. The maximum absolute atomic E-state index is 12.1. The number of para-hydroxylation sites is 1. The normalized spacial score (nSPS) is 10.1. The first-order valence-electron chi connectivity index (χ1n) is 6.58. The van der Waals surface area contributed by atoms with E-state index in [0.29, 0.717) is 19.0 Å². The summed E-state index contributed by atoms with van der Waals surface area (Å²) < 4.78 is 5.54. The third-order valence-corrected chi connectivity index (χ3v) is 2.89. The summed E-state index contributed by atoms with van der Waals surface area (Å²) >= 11 is 0. The number of fused-ring (bicyclic) bond motifs is 1. The minimum atomic E-state index is -0.141. The summed E-state index contributed by atoms with van der Waals surface area (Å²) in [4.78, 5) is 21.9. The van der Waals surface area contributed by atoms with E-state index in [2.05, 4.69) is 23.1 Å². The Hall–Kier alpha value is -2.69. The zero-order valence-corrected chi connectivity index (χ0v) is 11.7. The Balaban J connectivity index is 2.08. The summed E-state index contributed by atoms with van der Waals surface area (Å²) in [7, 11) is 0. The van der Waals surface area contributed by atoms with Crippen LogP contribution in [0.25, 0.3) is 10.9 Å². The molecule has 1 aromatic heterocycles. The van der Waals surface area contributed by atoms with E-state index in [1.807, 2.05) is 24.3 Å². The number of hydrogen-bond acceptors (Lipinski definition) is 4. The first-order chi connectivity index (χ1) is 10.3. The van der Waals surface area contributed by atoms with E-state index in [4.69, 9.17) is 4.74 Å². The van der Waals surface area contributed by atoms with Crippen molar-refractivity contribution in [3.05, 3.63) is 55.9 Å². The Bertz CT molecular complexity index is 640. The van der Waals surface area contributed by atoms with E-state index in [0.717, 1.165) is 10.9 Å². The molecule has 0 atom stereocenters. The third kappa shape index (κ3) is 3.66. The van der Waals surface area contributed by atoms with Crippen LogP contribution in [0.5, 0.6) is 5.88 Å². The highest BCUT2D eigenvalue weighted by Crippen LogP contribution is 2.20. The molecule has 5 heteroatoms. The maximum atomic E-state index is 12.1. The molecule has 0 unspecified atom stereocenters. The molecule has 0 saturated heterocycles. The molecule has 0 bridgehead atoms. The average molecular weight is 283 g/mol. The summed E-state index contributed by atoms with van der Waals surface area (Å²) in [6.07, 6.45) is 4.76. The summed E-state index contributed by atoms with van der Waals surface area (Å²) in [5.74, 6) is 0.267. The lowest BCUT2D eigenvalue weighted by molar-refractivity contribution is -0.132. The molecule has 2 rings (SSSR count). The predicted octanol–water partition coefficient (Wildman–Crippen LogP) is 2.21. The van der Waals surface area contributed by atoms with E-state index in [-0.39, 0.29) is 12.5 Å². The van der Waals surface area contributed by atoms with Crippen LogP contribution in [0.4, 0.5) is 0 Å². The first kappa shape index (κ1) is 14.7. The number of carbonyl (C=O) groups excluding carboxylic acids is 1. The van der Waals surface area contributed by atoms with Crippen molar-refractivity contribution < 1.29 is 9.53 Å². The lowest BCUT2D eigenvalue weighted by Crippen LogP contribution is -2.35. The fraction of sp³-hybridized carbons (Fsp3) is 0.188. The molecule has 108 valence electrons. The topological polar surface area (TPSA) is 55.3 Å². The Kier molecular flexibility index (Phi) is 5.04. The van der Waals surface area contributed by atoms with E-state index >= 15 is 0 Å². The van der Waals surface area contributed by atoms with Gasteiger partial charge in [-0.1, -0.05) is 24.3 Å². The molecule has 1 heterocycles. The van der Waals surface area contributed by atoms with Gasteiger partial charge < -0.3 is 9.64 Å². The van der Waals surface area contributed by atoms with Gasteiger partial charge in [-0.05, 0) is 12.1 Å². The van der Waals surface area contributed by atoms with E-state index in [1.165, 1.54) is 6.33 Å². The lowest BCUT2D eigenvalue weighted by Gasteiger charge is -2.19. The zero-order chi connectivity index (χ0) is 15.1. The minimum Gasteiger partial charge on any atom is -0.467 e. The number of hydrogen-bond donors (Lipinski definition) is 0. The monoisotopic (exact) mass is 283 g/mol. The van der Waals surface area contributed by atoms with Crippen molar-refractivity contribution in [3.63, 3.8) is 0 Å². The molecule has 0 saturated carbocycles. The van der Waals surface area contributed by atoms with Crippen molar-refractivity contribution in [1.82, 2.24) is 14.9 Å². The number of ether oxygens (including phenoxy) is 1. The van der Waals surface area contributed by atoms with Gasteiger partial charge in [0.05, 0.1) is 10.9 Å². The Labute approximate surface area is 123 Å². The molecule has 0 N–H and O–H groups in total. The standard InChI is InChI=1S/C16H17N3O2/c1-3-9-19(10-4-2)15(20)11-21-16-13-7-5-6-8-14(13)17-12-18-16/h3-8,12H,1-2,9-11H2. The van der Waals surface area contributed by atoms with Gasteiger partial charge >= 0.3 is 0 Å². The summed E-state index contributed by atoms with van der Waals surface area (Å²) in [5, 5.41) is 0.784. The van der Waals surface area contributed by atoms with Gasteiger partial charge in [0.25, 0.3) is 5.91 Å². The van der Waals surface area contributed by atoms with Crippen molar-refractivity contribution in [1.29, 1.82) is 0 Å². The minimum absolute atomic E-state index is 0.0807. The second kappa shape index (κ2) is 7.19. The fourth-order valence-corrected chi connectivity index (χ4v) is 1.91. The Morgan fingerprint density at radius 1 is 1.19 bits per heavy atom. The average Bonchev–Trinajstić information content (AvgIpc) is 2.52. The second-order valence-electron chi connectivity index (χ2n) is 4.36. The molecule has 0 aliphatic rings. The van der Waals surface area contributed by atoms with E-state index in [1.54, 1.807) is 17.1 Å². The highest BCUT2D eigenvalue weighted by molar-refractivity contribution is 5.84. The summed E-state index contributed by atoms with van der Waals surface area (Å²) in [5.41, 5.74) is 0.781. The number of carbonyl (C=O) groups is 1. The van der Waals surface area contributed by atoms with Crippen LogP contribution in [-0.4, -0.2) is 40.5 Å². The molecule has 0 fully saturated rings. The quantitative estimate of drug-likeness (QED) is 0.731. The molecule has 1 aromatic carbocycles. The molecule has 21 heavy (non-hydrogen) atoms. The van der Waals surface area contributed by atoms with Crippen molar-refractivity contribution in [3.8, 4) is 5.88 Å². The van der Waals surface area contributed by atoms with Gasteiger partial charge in [0, 0.05) is 13.1 Å².